The molecule has 3 nitrogen and oxygen atoms in total. The average molecular weight is 284 g/mol. The Morgan fingerprint density at radius 3 is 2.69 bits per heavy atom. The fraction of sp³-hybridized carbons (Fsp3) is 0.583. The van der Waals surface area contributed by atoms with Crippen LogP contribution in [0.4, 0.5) is 5.69 Å². The van der Waals surface area contributed by atoms with E-state index in [1.807, 2.05) is 13.1 Å². The molecule has 0 N–H and O–H groups in total. The maximum Gasteiger partial charge on any atom is 0.0400 e. The molecule has 0 bridgehead atoms. The molecule has 1 fully saturated rings. The lowest BCUT2D eigenvalue weighted by molar-refractivity contribution is 0.274. The number of piperazine rings is 1. The van der Waals surface area contributed by atoms with Gasteiger partial charge in [0.2, 0.25) is 0 Å². The number of nitrogens with zero attached hydrogens (tertiary/aromatic N) is 3. The molecule has 4 heteroatoms. The Morgan fingerprint density at radius 1 is 1.31 bits per heavy atom. The zero-order valence-corrected chi connectivity index (χ0v) is 11.3. The molecule has 1 aromatic rings. The largest absolute Gasteiger partial charge is 0.369 e. The summed E-state index contributed by atoms with van der Waals surface area (Å²) in [5.74, 6) is 0. The van der Waals surface area contributed by atoms with Crippen molar-refractivity contribution in [3.8, 4) is 0 Å². The minimum absolute atomic E-state index is 1.07. The van der Waals surface area contributed by atoms with E-state index in [0.29, 0.717) is 0 Å². The molecule has 2 rings (SSSR count). The molecule has 1 aromatic heterocycles. The third-order valence-electron chi connectivity index (χ3n) is 3.02. The van der Waals surface area contributed by atoms with Gasteiger partial charge in [0.05, 0.1) is 0 Å². The summed E-state index contributed by atoms with van der Waals surface area (Å²) >= 11 is 3.49. The van der Waals surface area contributed by atoms with E-state index >= 15 is 0 Å². The number of alkyl halides is 1. The molecular weight excluding hydrogens is 266 g/mol. The van der Waals surface area contributed by atoms with E-state index in [9.17, 15) is 0 Å². The van der Waals surface area contributed by atoms with Crippen molar-refractivity contribution in [3.63, 3.8) is 0 Å². The maximum absolute atomic E-state index is 4.24. The van der Waals surface area contributed by atoms with Crippen molar-refractivity contribution >= 4 is 21.6 Å². The quantitative estimate of drug-likeness (QED) is 0.790. The minimum atomic E-state index is 1.07. The van der Waals surface area contributed by atoms with Gasteiger partial charge in [0.1, 0.15) is 0 Å². The van der Waals surface area contributed by atoms with Crippen LogP contribution in [-0.2, 0) is 0 Å². The third kappa shape index (κ3) is 2.95. The summed E-state index contributed by atoms with van der Waals surface area (Å²) in [4.78, 5) is 9.18. The van der Waals surface area contributed by atoms with E-state index < -0.39 is 0 Å². The predicted molar refractivity (Wildman–Crippen MR) is 71.4 cm³/mol. The van der Waals surface area contributed by atoms with Crippen LogP contribution in [0, 0.1) is 6.92 Å². The fourth-order valence-electron chi connectivity index (χ4n) is 2.08. The number of hydrogen-bond donors (Lipinski definition) is 0. The van der Waals surface area contributed by atoms with Gasteiger partial charge in [-0.25, -0.2) is 0 Å². The molecule has 0 unspecified atom stereocenters. The first kappa shape index (κ1) is 11.9. The summed E-state index contributed by atoms with van der Waals surface area (Å²) in [7, 11) is 0. The molecule has 1 aliphatic rings. The smallest absolute Gasteiger partial charge is 0.0400 e. The molecule has 1 saturated heterocycles. The van der Waals surface area contributed by atoms with Crippen LogP contribution in [0.2, 0.25) is 0 Å². The average Bonchev–Trinajstić information content (AvgIpc) is 2.30. The molecule has 0 atom stereocenters. The topological polar surface area (TPSA) is 19.4 Å². The normalized spacial score (nSPS) is 17.8. The third-order valence-corrected chi connectivity index (χ3v) is 3.37. The highest BCUT2D eigenvalue weighted by Gasteiger charge is 2.16. The van der Waals surface area contributed by atoms with Gasteiger partial charge in [-0.15, -0.1) is 0 Å². The van der Waals surface area contributed by atoms with Gasteiger partial charge in [-0.3, -0.25) is 9.88 Å². The number of hydrogen-bond acceptors (Lipinski definition) is 3. The number of rotatable bonds is 3. The monoisotopic (exact) mass is 283 g/mol. The summed E-state index contributed by atoms with van der Waals surface area (Å²) in [5.41, 5.74) is 2.41. The molecular formula is C12H18BrN3. The molecule has 0 aromatic carbocycles. The summed E-state index contributed by atoms with van der Waals surface area (Å²) in [6.07, 6.45) is 1.90. The highest BCUT2D eigenvalue weighted by Crippen LogP contribution is 2.16. The van der Waals surface area contributed by atoms with Crippen LogP contribution in [0.15, 0.2) is 18.3 Å². The first-order valence-corrected chi connectivity index (χ1v) is 6.87. The highest BCUT2D eigenvalue weighted by atomic mass is 79.9. The summed E-state index contributed by atoms with van der Waals surface area (Å²) < 4.78 is 0. The second-order valence-corrected chi connectivity index (χ2v) is 4.97. The Labute approximate surface area is 106 Å². The molecule has 2 heterocycles. The van der Waals surface area contributed by atoms with Crippen molar-refractivity contribution in [2.75, 3.05) is 43.0 Å². The Balaban J connectivity index is 1.94. The summed E-state index contributed by atoms with van der Waals surface area (Å²) in [5, 5.41) is 1.07. The first-order chi connectivity index (χ1) is 7.79. The predicted octanol–water partition coefficient (Wildman–Crippen LogP) is 1.91. The van der Waals surface area contributed by atoms with Crippen molar-refractivity contribution in [2.45, 2.75) is 6.92 Å². The molecule has 0 aliphatic carbocycles. The molecule has 0 spiro atoms. The van der Waals surface area contributed by atoms with Crippen molar-refractivity contribution in [1.29, 1.82) is 0 Å². The first-order valence-electron chi connectivity index (χ1n) is 5.75. The number of halogens is 1. The van der Waals surface area contributed by atoms with Crippen molar-refractivity contribution in [2.24, 2.45) is 0 Å². The second kappa shape index (κ2) is 5.64. The van der Waals surface area contributed by atoms with E-state index in [1.165, 1.54) is 5.69 Å². The Kier molecular flexibility index (Phi) is 4.18. The second-order valence-electron chi connectivity index (χ2n) is 4.17. The number of pyridine rings is 1. The molecule has 0 amide bonds. The Morgan fingerprint density at radius 2 is 2.06 bits per heavy atom. The Bertz CT molecular complexity index is 335. The molecule has 0 radical (unpaired) electrons. The van der Waals surface area contributed by atoms with Crippen molar-refractivity contribution in [1.82, 2.24) is 9.88 Å². The van der Waals surface area contributed by atoms with Crippen LogP contribution in [-0.4, -0.2) is 47.9 Å². The van der Waals surface area contributed by atoms with Crippen LogP contribution in [0.3, 0.4) is 0 Å². The van der Waals surface area contributed by atoms with Gasteiger partial charge >= 0.3 is 0 Å². The molecule has 16 heavy (non-hydrogen) atoms. The lowest BCUT2D eigenvalue weighted by atomic mass is 10.2. The highest BCUT2D eigenvalue weighted by molar-refractivity contribution is 9.09. The summed E-state index contributed by atoms with van der Waals surface area (Å²) in [6.45, 7) is 7.76. The van der Waals surface area contributed by atoms with Gasteiger partial charge < -0.3 is 4.90 Å². The maximum atomic E-state index is 4.24. The van der Waals surface area contributed by atoms with Gasteiger partial charge in [-0.05, 0) is 19.1 Å². The standard InChI is InChI=1S/C12H18BrN3/c1-11-10-12(2-4-14-11)16-8-6-15(5-3-13)7-9-16/h2,4,10H,3,5-9H2,1H3. The molecule has 0 saturated carbocycles. The van der Waals surface area contributed by atoms with E-state index in [4.69, 9.17) is 0 Å². The van der Waals surface area contributed by atoms with Crippen molar-refractivity contribution < 1.29 is 0 Å². The van der Waals surface area contributed by atoms with Crippen LogP contribution < -0.4 is 4.90 Å². The minimum Gasteiger partial charge on any atom is -0.369 e. The summed E-state index contributed by atoms with van der Waals surface area (Å²) in [6, 6.07) is 4.27. The number of aromatic nitrogens is 1. The van der Waals surface area contributed by atoms with Gasteiger partial charge in [-0.2, -0.15) is 0 Å². The number of anilines is 1. The van der Waals surface area contributed by atoms with Crippen LogP contribution >= 0.6 is 15.9 Å². The Hall–Kier alpha value is -0.610. The van der Waals surface area contributed by atoms with E-state index in [0.717, 1.165) is 43.7 Å². The molecule has 88 valence electrons. The lowest BCUT2D eigenvalue weighted by Gasteiger charge is -2.35. The number of aryl methyl sites for hydroxylation is 1. The van der Waals surface area contributed by atoms with Crippen LogP contribution in [0.1, 0.15) is 5.69 Å². The van der Waals surface area contributed by atoms with Gasteiger partial charge in [-0.1, -0.05) is 15.9 Å². The molecule has 1 aliphatic heterocycles. The van der Waals surface area contributed by atoms with Crippen molar-refractivity contribution in [3.05, 3.63) is 24.0 Å². The van der Waals surface area contributed by atoms with E-state index in [-0.39, 0.29) is 0 Å². The van der Waals surface area contributed by atoms with Crippen LogP contribution in [0.5, 0.6) is 0 Å². The fourth-order valence-corrected chi connectivity index (χ4v) is 2.58. The van der Waals surface area contributed by atoms with Gasteiger partial charge in [0.15, 0.2) is 0 Å². The van der Waals surface area contributed by atoms with E-state index in [1.54, 1.807) is 0 Å². The van der Waals surface area contributed by atoms with Crippen LogP contribution in [0.25, 0.3) is 0 Å². The van der Waals surface area contributed by atoms with Gasteiger partial charge in [0, 0.05) is 55.6 Å². The van der Waals surface area contributed by atoms with E-state index in [2.05, 4.69) is 42.8 Å². The van der Waals surface area contributed by atoms with Gasteiger partial charge in [0.25, 0.3) is 0 Å². The lowest BCUT2D eigenvalue weighted by Crippen LogP contribution is -2.46. The zero-order chi connectivity index (χ0) is 11.4. The zero-order valence-electron chi connectivity index (χ0n) is 9.69. The SMILES string of the molecule is Cc1cc(N2CCN(CCBr)CC2)ccn1.